The summed E-state index contributed by atoms with van der Waals surface area (Å²) in [6.45, 7) is 4.68. The van der Waals surface area contributed by atoms with E-state index in [1.54, 1.807) is 7.11 Å². The van der Waals surface area contributed by atoms with Crippen molar-refractivity contribution in [2.75, 3.05) is 46.9 Å². The van der Waals surface area contributed by atoms with E-state index in [0.717, 1.165) is 64.5 Å². The summed E-state index contributed by atoms with van der Waals surface area (Å²) in [6, 6.07) is 0.861. The predicted molar refractivity (Wildman–Crippen MR) is 86.8 cm³/mol. The van der Waals surface area contributed by atoms with Crippen LogP contribution in [0.5, 0.6) is 0 Å². The van der Waals surface area contributed by atoms with Crippen molar-refractivity contribution in [3.63, 3.8) is 0 Å². The Morgan fingerprint density at radius 1 is 1.23 bits per heavy atom. The van der Waals surface area contributed by atoms with Gasteiger partial charge in [0.25, 0.3) is 0 Å². The molecule has 1 N–H and O–H groups in total. The number of amides is 1. The summed E-state index contributed by atoms with van der Waals surface area (Å²) in [7, 11) is 3.87. The quantitative estimate of drug-likeness (QED) is 0.798. The minimum atomic E-state index is 0.125. The lowest BCUT2D eigenvalue weighted by molar-refractivity contribution is -0.138. The molecule has 126 valence electrons. The summed E-state index contributed by atoms with van der Waals surface area (Å²) in [5, 5.41) is 3.67. The Labute approximate surface area is 134 Å². The molecule has 3 rings (SSSR count). The SMILES string of the molecule is COCC1(CNC2CC2)CCN(C(=O)[C@@H]2CCCN2C)CC1. The Morgan fingerprint density at radius 3 is 2.50 bits per heavy atom. The molecule has 0 radical (unpaired) electrons. The molecule has 2 saturated heterocycles. The Morgan fingerprint density at radius 2 is 1.95 bits per heavy atom. The molecule has 0 aromatic rings. The van der Waals surface area contributed by atoms with Crippen molar-refractivity contribution >= 4 is 5.91 Å². The number of nitrogens with one attached hydrogen (secondary N) is 1. The molecule has 0 bridgehead atoms. The van der Waals surface area contributed by atoms with E-state index in [9.17, 15) is 4.79 Å². The largest absolute Gasteiger partial charge is 0.384 e. The second-order valence-electron chi connectivity index (χ2n) is 7.55. The molecule has 5 nitrogen and oxygen atoms in total. The molecule has 1 aliphatic carbocycles. The molecule has 0 aromatic heterocycles. The molecule has 22 heavy (non-hydrogen) atoms. The molecule has 0 aromatic carbocycles. The van der Waals surface area contributed by atoms with Gasteiger partial charge in [0.15, 0.2) is 0 Å². The number of nitrogens with zero attached hydrogens (tertiary/aromatic N) is 2. The summed E-state index contributed by atoms with van der Waals surface area (Å²) in [6.07, 6.45) is 6.94. The highest BCUT2D eigenvalue weighted by molar-refractivity contribution is 5.82. The van der Waals surface area contributed by atoms with E-state index in [0.29, 0.717) is 5.91 Å². The van der Waals surface area contributed by atoms with Crippen LogP contribution in [-0.4, -0.2) is 74.7 Å². The van der Waals surface area contributed by atoms with Gasteiger partial charge in [-0.2, -0.15) is 0 Å². The van der Waals surface area contributed by atoms with Gasteiger partial charge in [0.1, 0.15) is 0 Å². The molecule has 3 aliphatic rings. The molecule has 1 saturated carbocycles. The van der Waals surface area contributed by atoms with Crippen LogP contribution in [0.3, 0.4) is 0 Å². The molecule has 1 atom stereocenters. The fourth-order valence-corrected chi connectivity index (χ4v) is 3.96. The van der Waals surface area contributed by atoms with Crippen LogP contribution in [0.4, 0.5) is 0 Å². The molecule has 0 spiro atoms. The first kappa shape index (κ1) is 16.2. The zero-order valence-corrected chi connectivity index (χ0v) is 14.1. The summed E-state index contributed by atoms with van der Waals surface area (Å²) in [5.41, 5.74) is 0.218. The zero-order chi connectivity index (χ0) is 15.6. The van der Waals surface area contributed by atoms with Crippen molar-refractivity contribution in [1.82, 2.24) is 15.1 Å². The van der Waals surface area contributed by atoms with Crippen LogP contribution < -0.4 is 5.32 Å². The number of rotatable bonds is 6. The molecular weight excluding hydrogens is 278 g/mol. The van der Waals surface area contributed by atoms with Gasteiger partial charge in [-0.3, -0.25) is 9.69 Å². The highest BCUT2D eigenvalue weighted by Gasteiger charge is 2.39. The van der Waals surface area contributed by atoms with Crippen LogP contribution in [0.1, 0.15) is 38.5 Å². The van der Waals surface area contributed by atoms with Gasteiger partial charge in [-0.05, 0) is 52.1 Å². The van der Waals surface area contributed by atoms with Crippen molar-refractivity contribution in [2.45, 2.75) is 50.6 Å². The normalized spacial score (nSPS) is 29.0. The van der Waals surface area contributed by atoms with Crippen molar-refractivity contribution < 1.29 is 9.53 Å². The monoisotopic (exact) mass is 309 g/mol. The van der Waals surface area contributed by atoms with E-state index in [2.05, 4.69) is 22.2 Å². The third-order valence-corrected chi connectivity index (χ3v) is 5.73. The fraction of sp³-hybridized carbons (Fsp3) is 0.941. The smallest absolute Gasteiger partial charge is 0.239 e. The zero-order valence-electron chi connectivity index (χ0n) is 14.1. The van der Waals surface area contributed by atoms with Crippen molar-refractivity contribution in [2.24, 2.45) is 5.41 Å². The van der Waals surface area contributed by atoms with E-state index in [1.807, 2.05) is 0 Å². The Balaban J connectivity index is 1.53. The number of carbonyl (C=O) groups is 1. The molecule has 2 aliphatic heterocycles. The van der Waals surface area contributed by atoms with Crippen molar-refractivity contribution in [3.05, 3.63) is 0 Å². The number of likely N-dealkylation sites (N-methyl/N-ethyl adjacent to an activating group) is 1. The predicted octanol–water partition coefficient (Wildman–Crippen LogP) is 1.09. The van der Waals surface area contributed by atoms with E-state index in [4.69, 9.17) is 4.74 Å². The van der Waals surface area contributed by atoms with E-state index >= 15 is 0 Å². The van der Waals surface area contributed by atoms with Crippen LogP contribution in [-0.2, 0) is 9.53 Å². The number of ether oxygens (including phenoxy) is 1. The van der Waals surface area contributed by atoms with Gasteiger partial charge >= 0.3 is 0 Å². The summed E-state index contributed by atoms with van der Waals surface area (Å²) in [5.74, 6) is 0.348. The molecule has 1 amide bonds. The molecule has 2 heterocycles. The minimum Gasteiger partial charge on any atom is -0.384 e. The maximum atomic E-state index is 12.7. The van der Waals surface area contributed by atoms with Crippen molar-refractivity contribution in [3.8, 4) is 0 Å². The molecule has 3 fully saturated rings. The lowest BCUT2D eigenvalue weighted by Crippen LogP contribution is -2.52. The van der Waals surface area contributed by atoms with E-state index in [1.165, 1.54) is 12.8 Å². The maximum Gasteiger partial charge on any atom is 0.239 e. The van der Waals surface area contributed by atoms with Crippen LogP contribution in [0.2, 0.25) is 0 Å². The maximum absolute atomic E-state index is 12.7. The topological polar surface area (TPSA) is 44.8 Å². The molecular formula is C17H31N3O2. The second-order valence-corrected chi connectivity index (χ2v) is 7.55. The van der Waals surface area contributed by atoms with E-state index in [-0.39, 0.29) is 11.5 Å². The van der Waals surface area contributed by atoms with Gasteiger partial charge in [0, 0.05) is 38.2 Å². The minimum absolute atomic E-state index is 0.125. The Bertz CT molecular complexity index is 389. The number of likely N-dealkylation sites (tertiary alicyclic amines) is 2. The first-order valence-electron chi connectivity index (χ1n) is 8.85. The van der Waals surface area contributed by atoms with Crippen LogP contribution >= 0.6 is 0 Å². The highest BCUT2D eigenvalue weighted by Crippen LogP contribution is 2.33. The first-order chi connectivity index (χ1) is 10.6. The number of piperidine rings is 1. The van der Waals surface area contributed by atoms with Gasteiger partial charge in [0.05, 0.1) is 12.6 Å². The Kier molecular flexibility index (Phi) is 5.05. The third kappa shape index (κ3) is 3.63. The average Bonchev–Trinajstić information content (AvgIpc) is 3.26. The van der Waals surface area contributed by atoms with Crippen molar-refractivity contribution in [1.29, 1.82) is 0 Å². The Hall–Kier alpha value is -0.650. The fourth-order valence-electron chi connectivity index (χ4n) is 3.96. The van der Waals surface area contributed by atoms with Gasteiger partial charge in [0.2, 0.25) is 5.91 Å². The summed E-state index contributed by atoms with van der Waals surface area (Å²) >= 11 is 0. The number of methoxy groups -OCH3 is 1. The molecule has 5 heteroatoms. The lowest BCUT2D eigenvalue weighted by Gasteiger charge is -2.42. The van der Waals surface area contributed by atoms with Gasteiger partial charge in [-0.1, -0.05) is 0 Å². The third-order valence-electron chi connectivity index (χ3n) is 5.73. The van der Waals surface area contributed by atoms with Gasteiger partial charge in [-0.25, -0.2) is 0 Å². The first-order valence-corrected chi connectivity index (χ1v) is 8.85. The van der Waals surface area contributed by atoms with Crippen LogP contribution in [0.15, 0.2) is 0 Å². The van der Waals surface area contributed by atoms with Crippen LogP contribution in [0, 0.1) is 5.41 Å². The second kappa shape index (κ2) is 6.85. The number of carbonyl (C=O) groups excluding carboxylic acids is 1. The van der Waals surface area contributed by atoms with Gasteiger partial charge < -0.3 is 15.0 Å². The summed E-state index contributed by atoms with van der Waals surface area (Å²) < 4.78 is 5.50. The standard InChI is InChI=1S/C17H31N3O2/c1-19-9-3-4-15(19)16(21)20-10-7-17(8-11-20,13-22-2)12-18-14-5-6-14/h14-15,18H,3-13H2,1-2H3/t15-/m0/s1. The highest BCUT2D eigenvalue weighted by atomic mass is 16.5. The number of hydrogen-bond acceptors (Lipinski definition) is 4. The number of hydrogen-bond donors (Lipinski definition) is 1. The summed E-state index contributed by atoms with van der Waals surface area (Å²) in [4.78, 5) is 17.0. The average molecular weight is 309 g/mol. The molecule has 0 unspecified atom stereocenters. The van der Waals surface area contributed by atoms with E-state index < -0.39 is 0 Å². The van der Waals surface area contributed by atoms with Gasteiger partial charge in [-0.15, -0.1) is 0 Å². The lowest BCUT2D eigenvalue weighted by atomic mass is 9.78. The van der Waals surface area contributed by atoms with Crippen LogP contribution in [0.25, 0.3) is 0 Å².